The highest BCUT2D eigenvalue weighted by atomic mass is 35.5. The third kappa shape index (κ3) is 3.45. The van der Waals surface area contributed by atoms with Gasteiger partial charge in [0.25, 0.3) is 0 Å². The summed E-state index contributed by atoms with van der Waals surface area (Å²) in [6.45, 7) is 1.72. The van der Waals surface area contributed by atoms with Gasteiger partial charge in [0.15, 0.2) is 11.5 Å². The molecule has 0 fully saturated rings. The fourth-order valence-corrected chi connectivity index (χ4v) is 4.19. The Bertz CT molecular complexity index is 1110. The number of nitrogens with zero attached hydrogens (tertiary/aromatic N) is 3. The van der Waals surface area contributed by atoms with E-state index >= 15 is 0 Å². The zero-order chi connectivity index (χ0) is 20.7. The van der Waals surface area contributed by atoms with Crippen LogP contribution in [0.25, 0.3) is 11.3 Å². The fourth-order valence-electron chi connectivity index (χ4n) is 4.06. The molecule has 0 aliphatic carbocycles. The van der Waals surface area contributed by atoms with Crippen LogP contribution in [0.15, 0.2) is 42.5 Å². The number of ether oxygens (including phenoxy) is 2. The van der Waals surface area contributed by atoms with Crippen LogP contribution in [0.4, 0.5) is 4.79 Å². The molecule has 1 N–H and O–H groups in total. The van der Waals surface area contributed by atoms with E-state index < -0.39 is 6.09 Å². The van der Waals surface area contributed by atoms with Crippen molar-refractivity contribution in [2.24, 2.45) is 0 Å². The first kappa shape index (κ1) is 18.8. The van der Waals surface area contributed by atoms with Crippen molar-refractivity contribution in [2.45, 2.75) is 19.4 Å². The predicted molar refractivity (Wildman–Crippen MR) is 111 cm³/mol. The first-order chi connectivity index (χ1) is 14.6. The number of benzene rings is 2. The Morgan fingerprint density at radius 3 is 2.63 bits per heavy atom. The highest BCUT2D eigenvalue weighted by Crippen LogP contribution is 2.34. The predicted octanol–water partition coefficient (Wildman–Crippen LogP) is 4.06. The zero-order valence-corrected chi connectivity index (χ0v) is 16.9. The molecule has 0 saturated carbocycles. The molecule has 3 aromatic rings. The topological polar surface area (TPSA) is 76.8 Å². The van der Waals surface area contributed by atoms with Gasteiger partial charge < -0.3 is 19.5 Å². The zero-order valence-electron chi connectivity index (χ0n) is 16.2. The average molecular weight is 426 g/mol. The SMILES string of the molecule is O=C(O)N1CCc2nn(Cc3ccc4c(c3)OCO4)c(-c3ccc(Cl)cc3)c2CC1. The van der Waals surface area contributed by atoms with Crippen LogP contribution < -0.4 is 9.47 Å². The Labute approximate surface area is 178 Å². The van der Waals surface area contributed by atoms with E-state index in [1.807, 2.05) is 47.1 Å². The Morgan fingerprint density at radius 1 is 1.07 bits per heavy atom. The van der Waals surface area contributed by atoms with Gasteiger partial charge in [0.05, 0.1) is 17.9 Å². The summed E-state index contributed by atoms with van der Waals surface area (Å²) in [7, 11) is 0. The average Bonchev–Trinajstić information content (AvgIpc) is 3.27. The molecule has 8 heteroatoms. The van der Waals surface area contributed by atoms with Crippen molar-refractivity contribution in [1.29, 1.82) is 0 Å². The first-order valence-corrected chi connectivity index (χ1v) is 10.2. The maximum atomic E-state index is 11.4. The van der Waals surface area contributed by atoms with E-state index in [4.69, 9.17) is 26.2 Å². The number of fused-ring (bicyclic) bond motifs is 2. The lowest BCUT2D eigenvalue weighted by molar-refractivity contribution is 0.147. The van der Waals surface area contributed by atoms with Gasteiger partial charge in [-0.3, -0.25) is 4.68 Å². The number of carboxylic acid groups (broad SMARTS) is 1. The quantitative estimate of drug-likeness (QED) is 0.684. The molecule has 0 spiro atoms. The number of aromatic nitrogens is 2. The Hall–Kier alpha value is -3.19. The van der Waals surface area contributed by atoms with Crippen molar-refractivity contribution >= 4 is 17.7 Å². The second-order valence-electron chi connectivity index (χ2n) is 7.40. The highest BCUT2D eigenvalue weighted by Gasteiger charge is 2.25. The van der Waals surface area contributed by atoms with Crippen molar-refractivity contribution in [3.8, 4) is 22.8 Å². The summed E-state index contributed by atoms with van der Waals surface area (Å²) in [5.41, 5.74) is 5.12. The summed E-state index contributed by atoms with van der Waals surface area (Å²) >= 11 is 6.10. The molecule has 0 unspecified atom stereocenters. The van der Waals surface area contributed by atoms with E-state index in [1.165, 1.54) is 4.90 Å². The molecular formula is C22H20ClN3O4. The molecule has 2 aromatic carbocycles. The maximum Gasteiger partial charge on any atom is 0.407 e. The van der Waals surface area contributed by atoms with E-state index in [0.717, 1.165) is 39.6 Å². The maximum absolute atomic E-state index is 11.4. The number of halogens is 1. The first-order valence-electron chi connectivity index (χ1n) is 9.79. The molecule has 2 aliphatic rings. The highest BCUT2D eigenvalue weighted by molar-refractivity contribution is 6.30. The Balaban J connectivity index is 1.55. The minimum atomic E-state index is -0.888. The second kappa shape index (κ2) is 7.57. The van der Waals surface area contributed by atoms with Crippen molar-refractivity contribution < 1.29 is 19.4 Å². The van der Waals surface area contributed by atoms with Crippen molar-refractivity contribution in [3.05, 3.63) is 64.3 Å². The third-order valence-electron chi connectivity index (χ3n) is 5.54. The summed E-state index contributed by atoms with van der Waals surface area (Å²) in [6.07, 6.45) is 0.332. The molecule has 2 aliphatic heterocycles. The fraction of sp³-hybridized carbons (Fsp3) is 0.273. The van der Waals surface area contributed by atoms with E-state index in [9.17, 15) is 9.90 Å². The van der Waals surface area contributed by atoms with Crippen LogP contribution in [-0.4, -0.2) is 45.8 Å². The summed E-state index contributed by atoms with van der Waals surface area (Å²) in [5.74, 6) is 1.49. The van der Waals surface area contributed by atoms with Crippen LogP contribution in [0.5, 0.6) is 11.5 Å². The van der Waals surface area contributed by atoms with Crippen molar-refractivity contribution in [3.63, 3.8) is 0 Å². The monoisotopic (exact) mass is 425 g/mol. The summed E-state index contributed by atoms with van der Waals surface area (Å²) in [5, 5.41) is 14.9. The van der Waals surface area contributed by atoms with Gasteiger partial charge in [0.1, 0.15) is 0 Å². The molecule has 0 atom stereocenters. The Kier molecular flexibility index (Phi) is 4.75. The molecule has 5 rings (SSSR count). The van der Waals surface area contributed by atoms with E-state index in [1.54, 1.807) is 0 Å². The molecular weight excluding hydrogens is 406 g/mol. The molecule has 30 heavy (non-hydrogen) atoms. The van der Waals surface area contributed by atoms with E-state index in [-0.39, 0.29) is 6.79 Å². The standard InChI is InChI=1S/C22H20ClN3O4/c23-16-4-2-15(3-5-16)21-17-7-9-25(22(27)28)10-8-18(17)24-26(21)12-14-1-6-19-20(11-14)30-13-29-19/h1-6,11H,7-10,12-13H2,(H,27,28). The van der Waals surface area contributed by atoms with Crippen LogP contribution in [0.2, 0.25) is 5.02 Å². The second-order valence-corrected chi connectivity index (χ2v) is 7.83. The molecule has 7 nitrogen and oxygen atoms in total. The summed E-state index contributed by atoms with van der Waals surface area (Å²) < 4.78 is 12.9. The van der Waals surface area contributed by atoms with Crippen LogP contribution in [0, 0.1) is 0 Å². The lowest BCUT2D eigenvalue weighted by Crippen LogP contribution is -2.31. The Morgan fingerprint density at radius 2 is 1.83 bits per heavy atom. The van der Waals surface area contributed by atoms with Gasteiger partial charge in [-0.05, 0) is 36.2 Å². The number of rotatable bonds is 3. The minimum absolute atomic E-state index is 0.241. The third-order valence-corrected chi connectivity index (χ3v) is 5.79. The normalized spacial score (nSPS) is 15.0. The van der Waals surface area contributed by atoms with Gasteiger partial charge in [-0.1, -0.05) is 29.8 Å². The number of hydrogen-bond acceptors (Lipinski definition) is 4. The number of hydrogen-bond donors (Lipinski definition) is 1. The lowest BCUT2D eigenvalue weighted by Gasteiger charge is -2.16. The lowest BCUT2D eigenvalue weighted by atomic mass is 10.0. The van der Waals surface area contributed by atoms with Crippen LogP contribution in [0.1, 0.15) is 16.8 Å². The molecule has 3 heterocycles. The van der Waals surface area contributed by atoms with Gasteiger partial charge in [-0.2, -0.15) is 5.10 Å². The molecule has 1 amide bonds. The van der Waals surface area contributed by atoms with Crippen LogP contribution in [-0.2, 0) is 19.4 Å². The van der Waals surface area contributed by atoms with Crippen molar-refractivity contribution in [2.75, 3.05) is 19.9 Å². The number of carbonyl (C=O) groups is 1. The largest absolute Gasteiger partial charge is 0.465 e. The smallest absolute Gasteiger partial charge is 0.407 e. The minimum Gasteiger partial charge on any atom is -0.465 e. The molecule has 0 bridgehead atoms. The molecule has 0 radical (unpaired) electrons. The van der Waals surface area contributed by atoms with E-state index in [2.05, 4.69) is 0 Å². The van der Waals surface area contributed by atoms with Crippen LogP contribution in [0.3, 0.4) is 0 Å². The van der Waals surface area contributed by atoms with Crippen LogP contribution >= 0.6 is 11.6 Å². The van der Waals surface area contributed by atoms with Gasteiger partial charge >= 0.3 is 6.09 Å². The summed E-state index contributed by atoms with van der Waals surface area (Å²) in [4.78, 5) is 12.9. The van der Waals surface area contributed by atoms with E-state index in [0.29, 0.717) is 37.5 Å². The van der Waals surface area contributed by atoms with Gasteiger partial charge in [0, 0.05) is 35.7 Å². The van der Waals surface area contributed by atoms with Gasteiger partial charge in [0.2, 0.25) is 6.79 Å². The van der Waals surface area contributed by atoms with Gasteiger partial charge in [-0.15, -0.1) is 0 Å². The number of amides is 1. The van der Waals surface area contributed by atoms with Gasteiger partial charge in [-0.25, -0.2) is 4.79 Å². The molecule has 154 valence electrons. The molecule has 0 saturated heterocycles. The summed E-state index contributed by atoms with van der Waals surface area (Å²) in [6, 6.07) is 13.6. The molecule has 1 aromatic heterocycles. The van der Waals surface area contributed by atoms with Crippen molar-refractivity contribution in [1.82, 2.24) is 14.7 Å².